The molecule has 0 atom stereocenters. The number of hydrogen-bond acceptors (Lipinski definition) is 0. The van der Waals surface area contributed by atoms with E-state index in [1.54, 1.807) is 15.4 Å². The molecule has 1 aliphatic carbocycles. The van der Waals surface area contributed by atoms with E-state index in [-0.39, 0.29) is 0 Å². The van der Waals surface area contributed by atoms with Crippen LogP contribution < -0.4 is 9.81 Å². The summed E-state index contributed by atoms with van der Waals surface area (Å²) in [6, 6.07) is 31.6. The normalized spacial score (nSPS) is 14.2. The van der Waals surface area contributed by atoms with Gasteiger partial charge in [-0.25, -0.2) is 0 Å². The monoisotopic (exact) mass is 480 g/mol. The van der Waals surface area contributed by atoms with E-state index in [1.165, 1.54) is 12.8 Å². The van der Waals surface area contributed by atoms with Crippen molar-refractivity contribution in [2.45, 2.75) is 18.8 Å². The molecule has 3 aromatic carbocycles. The summed E-state index contributed by atoms with van der Waals surface area (Å²) in [5.41, 5.74) is 1.63. The molecule has 108 valence electrons. The Morgan fingerprint density at radius 2 is 1.09 bits per heavy atom. The van der Waals surface area contributed by atoms with Crippen molar-refractivity contribution in [3.05, 3.63) is 90.5 Å². The third-order valence-electron chi connectivity index (χ3n) is 4.22. The van der Waals surface area contributed by atoms with Crippen LogP contribution in [0.2, 0.25) is 0 Å². The molecule has 0 N–H and O–H groups in total. The molecule has 3 aromatic rings. The van der Waals surface area contributed by atoms with E-state index in [0.29, 0.717) is 0 Å². The molecule has 1 heteroatoms. The third-order valence-corrected chi connectivity index (χ3v) is 14.0. The number of hydrogen-bond donors (Lipinski definition) is 0. The van der Waals surface area contributed by atoms with Gasteiger partial charge in [-0.2, -0.15) is 0 Å². The Balaban J connectivity index is 1.88. The second-order valence-corrected chi connectivity index (χ2v) is 14.3. The fraction of sp³-hybridized carbons (Fsp3) is 0.143. The Labute approximate surface area is 140 Å². The van der Waals surface area contributed by atoms with E-state index < -0.39 is 21.8 Å². The van der Waals surface area contributed by atoms with Gasteiger partial charge in [0, 0.05) is 0 Å². The van der Waals surface area contributed by atoms with Crippen LogP contribution in [0.3, 0.4) is 0 Å². The Morgan fingerprint density at radius 3 is 1.64 bits per heavy atom. The molecule has 0 saturated heterocycles. The SMILES string of the molecule is c1cc[c]([Bi]([c]2ccccc2)[c]2ccccc2C2CC2)cc1. The average Bonchev–Trinajstić information content (AvgIpc) is 3.43. The Hall–Kier alpha value is -1.46. The molecule has 4 rings (SSSR count). The number of rotatable bonds is 4. The van der Waals surface area contributed by atoms with E-state index in [4.69, 9.17) is 0 Å². The third kappa shape index (κ3) is 2.88. The zero-order valence-electron chi connectivity index (χ0n) is 12.5. The minimum absolute atomic E-state index is 0.820. The van der Waals surface area contributed by atoms with Gasteiger partial charge in [-0.15, -0.1) is 0 Å². The molecule has 0 amide bonds. The minimum atomic E-state index is -2.16. The van der Waals surface area contributed by atoms with Gasteiger partial charge >= 0.3 is 141 Å². The molecule has 0 spiro atoms. The van der Waals surface area contributed by atoms with E-state index in [2.05, 4.69) is 84.9 Å². The van der Waals surface area contributed by atoms with Crippen LogP contribution in [0.25, 0.3) is 0 Å². The molecule has 0 unspecified atom stereocenters. The molecule has 0 nitrogen and oxygen atoms in total. The van der Waals surface area contributed by atoms with Crippen molar-refractivity contribution in [2.24, 2.45) is 0 Å². The van der Waals surface area contributed by atoms with Gasteiger partial charge in [-0.3, -0.25) is 0 Å². The van der Waals surface area contributed by atoms with Gasteiger partial charge in [0.1, 0.15) is 0 Å². The molecule has 0 aliphatic heterocycles. The fourth-order valence-corrected chi connectivity index (χ4v) is 12.9. The summed E-state index contributed by atoms with van der Waals surface area (Å²) in [7, 11) is 0. The molecule has 0 bridgehead atoms. The summed E-state index contributed by atoms with van der Waals surface area (Å²) in [4.78, 5) is 0. The van der Waals surface area contributed by atoms with Gasteiger partial charge in [0.2, 0.25) is 0 Å². The molecular formula is C21H19Bi. The predicted octanol–water partition coefficient (Wildman–Crippen LogP) is 3.08. The van der Waals surface area contributed by atoms with Crippen LogP contribution in [-0.2, 0) is 0 Å². The van der Waals surface area contributed by atoms with Crippen LogP contribution in [-0.4, -0.2) is 21.8 Å². The van der Waals surface area contributed by atoms with E-state index in [9.17, 15) is 0 Å². The maximum atomic E-state index is 2.41. The van der Waals surface area contributed by atoms with Gasteiger partial charge in [-0.1, -0.05) is 0 Å². The van der Waals surface area contributed by atoms with Gasteiger partial charge in [-0.05, 0) is 0 Å². The first-order valence-corrected chi connectivity index (χ1v) is 13.1. The zero-order valence-corrected chi connectivity index (χ0v) is 16.0. The quantitative estimate of drug-likeness (QED) is 0.504. The standard InChI is InChI=1S/C9H9.2C6H5.Bi/c1-2-4-8(5-3-1)9-6-7-9;2*1-2-4-6-5-3-1;/h1-4,9H,6-7H2;2*1-5H;. The van der Waals surface area contributed by atoms with Crippen molar-refractivity contribution in [3.8, 4) is 0 Å². The van der Waals surface area contributed by atoms with Crippen molar-refractivity contribution < 1.29 is 0 Å². The second-order valence-electron chi connectivity index (χ2n) is 5.84. The van der Waals surface area contributed by atoms with Crippen LogP contribution in [0.1, 0.15) is 24.3 Å². The molecule has 0 heterocycles. The van der Waals surface area contributed by atoms with Gasteiger partial charge in [0.15, 0.2) is 0 Å². The first-order chi connectivity index (χ1) is 10.9. The molecule has 0 radical (unpaired) electrons. The van der Waals surface area contributed by atoms with Crippen LogP contribution in [0, 0.1) is 0 Å². The predicted molar refractivity (Wildman–Crippen MR) is 96.0 cm³/mol. The topological polar surface area (TPSA) is 0 Å². The van der Waals surface area contributed by atoms with E-state index >= 15 is 0 Å². The van der Waals surface area contributed by atoms with Crippen molar-refractivity contribution >= 4 is 31.6 Å². The first-order valence-electron chi connectivity index (χ1n) is 7.92. The Morgan fingerprint density at radius 1 is 0.591 bits per heavy atom. The summed E-state index contributed by atoms with van der Waals surface area (Å²) in [6.45, 7) is 0. The molecule has 0 aromatic heterocycles. The van der Waals surface area contributed by atoms with Crippen molar-refractivity contribution in [1.82, 2.24) is 0 Å². The van der Waals surface area contributed by atoms with Crippen LogP contribution in [0.5, 0.6) is 0 Å². The summed E-state index contributed by atoms with van der Waals surface area (Å²) in [5.74, 6) is 0.820. The molecule has 1 aliphatic rings. The maximum absolute atomic E-state index is 2.41. The number of benzene rings is 3. The first kappa shape index (κ1) is 14.2. The molecule has 22 heavy (non-hydrogen) atoms. The van der Waals surface area contributed by atoms with Crippen LogP contribution >= 0.6 is 0 Å². The van der Waals surface area contributed by atoms with Crippen molar-refractivity contribution in [3.63, 3.8) is 0 Å². The Kier molecular flexibility index (Phi) is 4.08. The molecular weight excluding hydrogens is 461 g/mol. The van der Waals surface area contributed by atoms with Gasteiger partial charge < -0.3 is 0 Å². The fourth-order valence-electron chi connectivity index (χ4n) is 3.01. The van der Waals surface area contributed by atoms with Crippen LogP contribution in [0.15, 0.2) is 84.9 Å². The molecule has 1 fully saturated rings. The van der Waals surface area contributed by atoms with E-state index in [1.807, 2.05) is 0 Å². The van der Waals surface area contributed by atoms with Crippen LogP contribution in [0.4, 0.5) is 0 Å². The molecule has 1 saturated carbocycles. The van der Waals surface area contributed by atoms with Crippen molar-refractivity contribution in [2.75, 3.05) is 0 Å². The zero-order chi connectivity index (χ0) is 14.8. The van der Waals surface area contributed by atoms with Crippen molar-refractivity contribution in [1.29, 1.82) is 0 Å². The summed E-state index contributed by atoms with van der Waals surface area (Å²) >= 11 is -2.16. The Bertz CT molecular complexity index is 706. The average molecular weight is 480 g/mol. The summed E-state index contributed by atoms with van der Waals surface area (Å²) in [5, 5.41) is 0. The summed E-state index contributed by atoms with van der Waals surface area (Å²) in [6.07, 6.45) is 2.75. The van der Waals surface area contributed by atoms with E-state index in [0.717, 1.165) is 5.92 Å². The second kappa shape index (κ2) is 6.35. The van der Waals surface area contributed by atoms with Gasteiger partial charge in [0.25, 0.3) is 0 Å². The van der Waals surface area contributed by atoms with Gasteiger partial charge in [0.05, 0.1) is 0 Å². The summed E-state index contributed by atoms with van der Waals surface area (Å²) < 4.78 is 4.84.